The molecule has 2 nitrogen and oxygen atoms in total. The van der Waals surface area contributed by atoms with Crippen LogP contribution in [0.5, 0.6) is 0 Å². The first kappa shape index (κ1) is 11.6. The molecule has 100 valence electrons. The molecule has 0 saturated heterocycles. The van der Waals surface area contributed by atoms with Gasteiger partial charge in [0, 0.05) is 11.8 Å². The summed E-state index contributed by atoms with van der Waals surface area (Å²) >= 11 is 0. The number of carbonyl (C=O) groups excluding carboxylic acids is 2. The molecule has 4 rings (SSSR count). The maximum absolute atomic E-state index is 12.3. The summed E-state index contributed by atoms with van der Waals surface area (Å²) in [7, 11) is 0. The second-order valence-electron chi connectivity index (χ2n) is 6.88. The van der Waals surface area contributed by atoms with Gasteiger partial charge in [-0.05, 0) is 55.1 Å². The molecule has 0 heterocycles. The Labute approximate surface area is 113 Å². The summed E-state index contributed by atoms with van der Waals surface area (Å²) in [5.74, 6) is 2.20. The molecule has 4 aliphatic rings. The zero-order valence-corrected chi connectivity index (χ0v) is 11.6. The van der Waals surface area contributed by atoms with Crippen molar-refractivity contribution in [2.45, 2.75) is 33.1 Å². The Morgan fingerprint density at radius 3 is 1.68 bits per heavy atom. The molecule has 0 aromatic rings. The van der Waals surface area contributed by atoms with E-state index in [-0.39, 0.29) is 35.2 Å². The molecule has 0 spiro atoms. The normalized spacial score (nSPS) is 47.7. The Bertz CT molecular complexity index is 493. The van der Waals surface area contributed by atoms with Gasteiger partial charge >= 0.3 is 0 Å². The molecule has 1 saturated carbocycles. The summed E-state index contributed by atoms with van der Waals surface area (Å²) in [6, 6.07) is 0. The standard InChI is InChI=1S/C17H20O2/c1-8-14-10-3-4-11(7-10)15(14)9(2)17-13(19)6-5-12(18)16(8)17/h5-6,8-11,16-17H,3-4,7H2,1-2H3/t8-,9+,10-,11-,16+,17-/m1/s1. The van der Waals surface area contributed by atoms with E-state index in [4.69, 9.17) is 0 Å². The van der Waals surface area contributed by atoms with E-state index in [1.165, 1.54) is 31.4 Å². The van der Waals surface area contributed by atoms with Crippen molar-refractivity contribution >= 4 is 11.6 Å². The number of hydrogen-bond donors (Lipinski definition) is 0. The first-order valence-corrected chi connectivity index (χ1v) is 7.59. The number of carbonyl (C=O) groups is 2. The van der Waals surface area contributed by atoms with Crippen molar-refractivity contribution in [3.63, 3.8) is 0 Å². The van der Waals surface area contributed by atoms with Crippen LogP contribution in [0.25, 0.3) is 0 Å². The van der Waals surface area contributed by atoms with Gasteiger partial charge in [0.2, 0.25) is 0 Å². The molecule has 2 bridgehead atoms. The summed E-state index contributed by atoms with van der Waals surface area (Å²) in [6.45, 7) is 4.37. The fourth-order valence-corrected chi connectivity index (χ4v) is 5.53. The van der Waals surface area contributed by atoms with E-state index < -0.39 is 0 Å². The molecule has 6 atom stereocenters. The van der Waals surface area contributed by atoms with Crippen LogP contribution in [0.3, 0.4) is 0 Å². The lowest BCUT2D eigenvalue weighted by Crippen LogP contribution is -2.45. The van der Waals surface area contributed by atoms with Crippen molar-refractivity contribution in [1.82, 2.24) is 0 Å². The van der Waals surface area contributed by atoms with Gasteiger partial charge < -0.3 is 0 Å². The zero-order valence-electron chi connectivity index (χ0n) is 11.6. The van der Waals surface area contributed by atoms with E-state index in [0.29, 0.717) is 11.8 Å². The fraction of sp³-hybridized carbons (Fsp3) is 0.647. The average molecular weight is 256 g/mol. The van der Waals surface area contributed by atoms with Crippen molar-refractivity contribution in [1.29, 1.82) is 0 Å². The molecule has 19 heavy (non-hydrogen) atoms. The van der Waals surface area contributed by atoms with Crippen molar-refractivity contribution < 1.29 is 9.59 Å². The van der Waals surface area contributed by atoms with Gasteiger partial charge in [0.1, 0.15) is 0 Å². The minimum atomic E-state index is -0.0781. The van der Waals surface area contributed by atoms with E-state index in [1.54, 1.807) is 11.1 Å². The van der Waals surface area contributed by atoms with Crippen LogP contribution in [0, 0.1) is 35.5 Å². The number of fused-ring (bicyclic) bond motifs is 5. The second-order valence-corrected chi connectivity index (χ2v) is 6.88. The van der Waals surface area contributed by atoms with Gasteiger partial charge in [0.05, 0.1) is 0 Å². The van der Waals surface area contributed by atoms with Gasteiger partial charge in [-0.25, -0.2) is 0 Å². The molecule has 1 fully saturated rings. The number of allylic oxidation sites excluding steroid dienone is 4. The number of ketones is 2. The number of rotatable bonds is 0. The van der Waals surface area contributed by atoms with Crippen molar-refractivity contribution in [3.05, 3.63) is 23.3 Å². The van der Waals surface area contributed by atoms with E-state index in [0.717, 1.165) is 0 Å². The Kier molecular flexibility index (Phi) is 2.25. The lowest BCUT2D eigenvalue weighted by atomic mass is 9.58. The monoisotopic (exact) mass is 256 g/mol. The van der Waals surface area contributed by atoms with Crippen LogP contribution in [-0.2, 0) is 9.59 Å². The second kappa shape index (κ2) is 3.68. The minimum Gasteiger partial charge on any atom is -0.294 e. The Balaban J connectivity index is 1.86. The molecule has 0 aromatic carbocycles. The van der Waals surface area contributed by atoms with Gasteiger partial charge in [-0.1, -0.05) is 25.0 Å². The third-order valence-electron chi connectivity index (χ3n) is 6.16. The van der Waals surface area contributed by atoms with E-state index >= 15 is 0 Å². The van der Waals surface area contributed by atoms with Crippen molar-refractivity contribution in [2.24, 2.45) is 35.5 Å². The van der Waals surface area contributed by atoms with Crippen LogP contribution in [0.4, 0.5) is 0 Å². The summed E-state index contributed by atoms with van der Waals surface area (Å²) in [5.41, 5.74) is 3.14. The van der Waals surface area contributed by atoms with Crippen molar-refractivity contribution in [3.8, 4) is 0 Å². The van der Waals surface area contributed by atoms with Crippen LogP contribution in [-0.4, -0.2) is 11.6 Å². The van der Waals surface area contributed by atoms with Crippen LogP contribution >= 0.6 is 0 Å². The molecule has 0 aromatic heterocycles. The highest BCUT2D eigenvalue weighted by Crippen LogP contribution is 2.60. The average Bonchev–Trinajstić information content (AvgIpc) is 2.99. The summed E-state index contributed by atoms with van der Waals surface area (Å²) < 4.78 is 0. The van der Waals surface area contributed by atoms with Crippen LogP contribution in [0.2, 0.25) is 0 Å². The van der Waals surface area contributed by atoms with Crippen LogP contribution < -0.4 is 0 Å². The molecule has 0 N–H and O–H groups in total. The molecular formula is C17H20O2. The van der Waals surface area contributed by atoms with E-state index in [2.05, 4.69) is 13.8 Å². The highest BCUT2D eigenvalue weighted by molar-refractivity contribution is 6.08. The maximum Gasteiger partial charge on any atom is 0.160 e. The summed E-state index contributed by atoms with van der Waals surface area (Å²) in [6.07, 6.45) is 6.93. The summed E-state index contributed by atoms with van der Waals surface area (Å²) in [4.78, 5) is 24.5. The molecule has 0 aliphatic heterocycles. The van der Waals surface area contributed by atoms with Crippen molar-refractivity contribution in [2.75, 3.05) is 0 Å². The molecule has 0 amide bonds. The molecule has 2 heteroatoms. The highest BCUT2D eigenvalue weighted by Gasteiger charge is 2.54. The SMILES string of the molecule is C[C@@H]1C2=C([C@@H]3CC[C@@H]2C3)[C@H](C)[C@@H]2C(=O)C=CC(=O)[C@@H]21. The zero-order chi connectivity index (χ0) is 13.3. The third-order valence-corrected chi connectivity index (χ3v) is 6.16. The summed E-state index contributed by atoms with van der Waals surface area (Å²) in [5, 5.41) is 0. The Hall–Kier alpha value is -1.18. The van der Waals surface area contributed by atoms with Gasteiger partial charge in [-0.15, -0.1) is 0 Å². The minimum absolute atomic E-state index is 0.0781. The van der Waals surface area contributed by atoms with Crippen LogP contribution in [0.15, 0.2) is 23.3 Å². The molecular weight excluding hydrogens is 236 g/mol. The Morgan fingerprint density at radius 2 is 1.26 bits per heavy atom. The van der Waals surface area contributed by atoms with Gasteiger partial charge in [-0.2, -0.15) is 0 Å². The first-order chi connectivity index (χ1) is 9.09. The lowest BCUT2D eigenvalue weighted by Gasteiger charge is -2.44. The van der Waals surface area contributed by atoms with Gasteiger partial charge in [-0.3, -0.25) is 9.59 Å². The lowest BCUT2D eigenvalue weighted by molar-refractivity contribution is -0.132. The van der Waals surface area contributed by atoms with Gasteiger partial charge in [0.25, 0.3) is 0 Å². The van der Waals surface area contributed by atoms with Gasteiger partial charge in [0.15, 0.2) is 11.6 Å². The highest BCUT2D eigenvalue weighted by atomic mass is 16.1. The fourth-order valence-electron chi connectivity index (χ4n) is 5.53. The van der Waals surface area contributed by atoms with E-state index in [9.17, 15) is 9.59 Å². The Morgan fingerprint density at radius 1 is 0.842 bits per heavy atom. The third kappa shape index (κ3) is 1.32. The van der Waals surface area contributed by atoms with E-state index in [1.807, 2.05) is 0 Å². The first-order valence-electron chi connectivity index (χ1n) is 7.59. The quantitative estimate of drug-likeness (QED) is 0.624. The largest absolute Gasteiger partial charge is 0.294 e. The molecule has 0 radical (unpaired) electrons. The topological polar surface area (TPSA) is 34.1 Å². The predicted octanol–water partition coefficient (Wildman–Crippen LogP) is 2.94. The maximum atomic E-state index is 12.3. The number of hydrogen-bond acceptors (Lipinski definition) is 2. The van der Waals surface area contributed by atoms with Crippen LogP contribution in [0.1, 0.15) is 33.1 Å². The molecule has 0 unspecified atom stereocenters. The predicted molar refractivity (Wildman–Crippen MR) is 72.3 cm³/mol. The molecule has 4 aliphatic carbocycles. The smallest absolute Gasteiger partial charge is 0.160 e.